The van der Waals surface area contributed by atoms with E-state index in [1.165, 1.54) is 23.1 Å². The second kappa shape index (κ2) is 8.72. The molecule has 0 spiro atoms. The number of furan rings is 1. The maximum absolute atomic E-state index is 12.0. The SMILES string of the molecule is COc1ccc(Nc2nnc(SCC(=O)N[C@@H](C)c3ccco3)s2)cc1. The first-order valence-electron chi connectivity index (χ1n) is 7.84. The second-order valence-electron chi connectivity index (χ2n) is 5.32. The molecule has 0 saturated carbocycles. The largest absolute Gasteiger partial charge is 0.497 e. The number of carbonyl (C=O) groups is 1. The Morgan fingerprint density at radius 1 is 1.31 bits per heavy atom. The van der Waals surface area contributed by atoms with Crippen molar-refractivity contribution in [1.82, 2.24) is 15.5 Å². The van der Waals surface area contributed by atoms with E-state index in [0.717, 1.165) is 21.5 Å². The van der Waals surface area contributed by atoms with Crippen molar-refractivity contribution in [1.29, 1.82) is 0 Å². The van der Waals surface area contributed by atoms with Crippen molar-refractivity contribution in [2.45, 2.75) is 17.3 Å². The summed E-state index contributed by atoms with van der Waals surface area (Å²) in [7, 11) is 1.63. The highest BCUT2D eigenvalue weighted by atomic mass is 32.2. The zero-order valence-electron chi connectivity index (χ0n) is 14.3. The number of nitrogens with one attached hydrogen (secondary N) is 2. The van der Waals surface area contributed by atoms with Crippen LogP contribution < -0.4 is 15.4 Å². The van der Waals surface area contributed by atoms with Gasteiger partial charge in [0.1, 0.15) is 11.5 Å². The standard InChI is InChI=1S/C17H18N4O3S2/c1-11(14-4-3-9-24-14)18-15(22)10-25-17-21-20-16(26-17)19-12-5-7-13(23-2)8-6-12/h3-9,11H,10H2,1-2H3,(H,18,22)(H,19,20)/t11-/m0/s1. The van der Waals surface area contributed by atoms with Crippen LogP contribution in [0, 0.1) is 0 Å². The summed E-state index contributed by atoms with van der Waals surface area (Å²) in [5.74, 6) is 1.70. The maximum Gasteiger partial charge on any atom is 0.231 e. The number of rotatable bonds is 8. The van der Waals surface area contributed by atoms with Crippen molar-refractivity contribution < 1.29 is 13.9 Å². The Bertz CT molecular complexity index is 834. The number of hydrogen-bond acceptors (Lipinski definition) is 8. The van der Waals surface area contributed by atoms with Gasteiger partial charge < -0.3 is 19.8 Å². The summed E-state index contributed by atoms with van der Waals surface area (Å²) < 4.78 is 11.1. The molecular formula is C17H18N4O3S2. The van der Waals surface area contributed by atoms with Crippen LogP contribution in [0.15, 0.2) is 51.4 Å². The Labute approximate surface area is 159 Å². The summed E-state index contributed by atoms with van der Waals surface area (Å²) in [5, 5.41) is 14.9. The van der Waals surface area contributed by atoms with Gasteiger partial charge >= 0.3 is 0 Å². The fourth-order valence-electron chi connectivity index (χ4n) is 2.14. The number of hydrogen-bond donors (Lipinski definition) is 2. The van der Waals surface area contributed by atoms with E-state index in [9.17, 15) is 4.79 Å². The molecule has 9 heteroatoms. The number of amides is 1. The topological polar surface area (TPSA) is 89.3 Å². The first kappa shape index (κ1) is 18.3. The average molecular weight is 390 g/mol. The summed E-state index contributed by atoms with van der Waals surface area (Å²) in [6, 6.07) is 11.0. The van der Waals surface area contributed by atoms with Crippen LogP contribution in [0.25, 0.3) is 0 Å². The predicted molar refractivity (Wildman–Crippen MR) is 102 cm³/mol. The van der Waals surface area contributed by atoms with E-state index in [-0.39, 0.29) is 17.7 Å². The Balaban J connectivity index is 1.47. The zero-order chi connectivity index (χ0) is 18.4. The molecule has 0 radical (unpaired) electrons. The van der Waals surface area contributed by atoms with Crippen molar-refractivity contribution in [3.8, 4) is 5.75 Å². The quantitative estimate of drug-likeness (QED) is 0.565. The predicted octanol–water partition coefficient (Wildman–Crippen LogP) is 3.85. The van der Waals surface area contributed by atoms with Gasteiger partial charge in [-0.05, 0) is 43.3 Å². The molecule has 0 aliphatic carbocycles. The van der Waals surface area contributed by atoms with Crippen LogP contribution in [0.5, 0.6) is 5.75 Å². The van der Waals surface area contributed by atoms with Gasteiger partial charge in [-0.25, -0.2) is 0 Å². The van der Waals surface area contributed by atoms with Crippen LogP contribution in [-0.4, -0.2) is 29.0 Å². The minimum atomic E-state index is -0.167. The van der Waals surface area contributed by atoms with Gasteiger partial charge in [0, 0.05) is 5.69 Å². The van der Waals surface area contributed by atoms with Crippen molar-refractivity contribution >= 4 is 39.8 Å². The van der Waals surface area contributed by atoms with Crippen LogP contribution in [0.2, 0.25) is 0 Å². The van der Waals surface area contributed by atoms with Gasteiger partial charge in [0.05, 0.1) is 25.2 Å². The van der Waals surface area contributed by atoms with E-state index >= 15 is 0 Å². The third-order valence-electron chi connectivity index (χ3n) is 3.42. The molecule has 0 bridgehead atoms. The molecule has 3 aromatic rings. The number of ether oxygens (including phenoxy) is 1. The van der Waals surface area contributed by atoms with Crippen molar-refractivity contribution in [3.05, 3.63) is 48.4 Å². The van der Waals surface area contributed by atoms with Gasteiger partial charge in [-0.1, -0.05) is 23.1 Å². The minimum Gasteiger partial charge on any atom is -0.497 e. The van der Waals surface area contributed by atoms with Gasteiger partial charge in [0.2, 0.25) is 11.0 Å². The van der Waals surface area contributed by atoms with Gasteiger partial charge in [-0.3, -0.25) is 4.79 Å². The molecule has 2 heterocycles. The van der Waals surface area contributed by atoms with Crippen LogP contribution >= 0.6 is 23.1 Å². The summed E-state index contributed by atoms with van der Waals surface area (Å²) >= 11 is 2.74. The van der Waals surface area contributed by atoms with E-state index in [2.05, 4.69) is 20.8 Å². The summed E-state index contributed by atoms with van der Waals surface area (Å²) in [6.07, 6.45) is 1.59. The molecule has 2 N–H and O–H groups in total. The molecule has 0 unspecified atom stereocenters. The van der Waals surface area contributed by atoms with Gasteiger partial charge in [0.25, 0.3) is 0 Å². The number of aromatic nitrogens is 2. The smallest absolute Gasteiger partial charge is 0.231 e. The fraction of sp³-hybridized carbons (Fsp3) is 0.235. The molecule has 0 aliphatic heterocycles. The summed E-state index contributed by atoms with van der Waals surface area (Å²) in [6.45, 7) is 1.88. The van der Waals surface area contributed by atoms with Crippen LogP contribution in [0.4, 0.5) is 10.8 Å². The lowest BCUT2D eigenvalue weighted by molar-refractivity contribution is -0.119. The molecule has 136 valence electrons. The molecule has 3 rings (SSSR count). The van der Waals surface area contributed by atoms with Crippen molar-refractivity contribution in [2.24, 2.45) is 0 Å². The molecule has 7 nitrogen and oxygen atoms in total. The zero-order valence-corrected chi connectivity index (χ0v) is 15.9. The Hall–Kier alpha value is -2.52. The lowest BCUT2D eigenvalue weighted by Gasteiger charge is -2.10. The molecule has 1 aromatic carbocycles. The molecule has 1 amide bonds. The Kier molecular flexibility index (Phi) is 6.13. The number of nitrogens with zero attached hydrogens (tertiary/aromatic N) is 2. The first-order chi connectivity index (χ1) is 12.6. The molecular weight excluding hydrogens is 372 g/mol. The molecule has 1 atom stereocenters. The second-order valence-corrected chi connectivity index (χ2v) is 7.52. The number of methoxy groups -OCH3 is 1. The molecule has 0 aliphatic rings. The van der Waals surface area contributed by atoms with Crippen LogP contribution in [0.3, 0.4) is 0 Å². The first-order valence-corrected chi connectivity index (χ1v) is 9.64. The van der Waals surface area contributed by atoms with Crippen LogP contribution in [-0.2, 0) is 4.79 Å². The molecule has 26 heavy (non-hydrogen) atoms. The molecule has 0 fully saturated rings. The lowest BCUT2D eigenvalue weighted by Crippen LogP contribution is -2.27. The van der Waals surface area contributed by atoms with E-state index in [4.69, 9.17) is 9.15 Å². The highest BCUT2D eigenvalue weighted by molar-refractivity contribution is 8.01. The highest BCUT2D eigenvalue weighted by Crippen LogP contribution is 2.28. The van der Waals surface area contributed by atoms with E-state index in [1.54, 1.807) is 19.4 Å². The Morgan fingerprint density at radius 2 is 2.12 bits per heavy atom. The molecule has 2 aromatic heterocycles. The van der Waals surface area contributed by atoms with E-state index < -0.39 is 0 Å². The third-order valence-corrected chi connectivity index (χ3v) is 5.39. The minimum absolute atomic E-state index is 0.0845. The maximum atomic E-state index is 12.0. The number of thioether (sulfide) groups is 1. The number of benzene rings is 1. The fourth-order valence-corrected chi connectivity index (χ4v) is 3.72. The van der Waals surface area contributed by atoms with Gasteiger partial charge in [0.15, 0.2) is 4.34 Å². The van der Waals surface area contributed by atoms with E-state index in [0.29, 0.717) is 5.13 Å². The molecule has 0 saturated heterocycles. The summed E-state index contributed by atoms with van der Waals surface area (Å²) in [5.41, 5.74) is 0.892. The van der Waals surface area contributed by atoms with Crippen LogP contribution in [0.1, 0.15) is 18.7 Å². The van der Waals surface area contributed by atoms with Gasteiger partial charge in [-0.2, -0.15) is 0 Å². The monoisotopic (exact) mass is 390 g/mol. The van der Waals surface area contributed by atoms with Crippen molar-refractivity contribution in [3.63, 3.8) is 0 Å². The normalized spacial score (nSPS) is 11.8. The summed E-state index contributed by atoms with van der Waals surface area (Å²) in [4.78, 5) is 12.0. The average Bonchev–Trinajstić information content (AvgIpc) is 3.33. The van der Waals surface area contributed by atoms with E-state index in [1.807, 2.05) is 37.3 Å². The number of carbonyl (C=O) groups excluding carboxylic acids is 1. The van der Waals surface area contributed by atoms with Gasteiger partial charge in [-0.15, -0.1) is 10.2 Å². The third kappa shape index (κ3) is 4.99. The van der Waals surface area contributed by atoms with Crippen molar-refractivity contribution in [2.75, 3.05) is 18.2 Å². The highest BCUT2D eigenvalue weighted by Gasteiger charge is 2.13. The number of anilines is 2. The lowest BCUT2D eigenvalue weighted by atomic mass is 10.2. The Morgan fingerprint density at radius 3 is 2.81 bits per heavy atom.